The van der Waals surface area contributed by atoms with Crippen molar-refractivity contribution in [1.29, 1.82) is 0 Å². The van der Waals surface area contributed by atoms with Crippen molar-refractivity contribution in [2.45, 2.75) is 0 Å². The van der Waals surface area contributed by atoms with Gasteiger partial charge in [-0.25, -0.2) is 0 Å². The lowest BCUT2D eigenvalue weighted by Crippen LogP contribution is -1.89. The summed E-state index contributed by atoms with van der Waals surface area (Å²) in [6.45, 7) is 3.02. The van der Waals surface area contributed by atoms with Gasteiger partial charge in [-0.2, -0.15) is 0 Å². The van der Waals surface area contributed by atoms with Crippen LogP contribution in [0.2, 0.25) is 0 Å². The molecular weight excluding hydrogens is 66.0 g/mol. The first-order valence-corrected chi connectivity index (χ1v) is 1.12. The van der Waals surface area contributed by atoms with Crippen LogP contribution in [0.15, 0.2) is 18.2 Å². The molecule has 3 N–H and O–H groups in total. The summed E-state index contributed by atoms with van der Waals surface area (Å²) in [5.74, 6) is -0.356. The Balaban J connectivity index is 3.60. The fourth-order valence-corrected chi connectivity index (χ4v) is 0. The van der Waals surface area contributed by atoms with Crippen molar-refractivity contribution in [3.8, 4) is 0 Å². The zero-order chi connectivity index (χ0) is 4.28. The second-order valence-corrected chi connectivity index (χ2v) is 0.562. The molecule has 0 atom stereocenters. The molecule has 2 nitrogen and oxygen atoms in total. The number of hydrogen-bond donors (Lipinski definition) is 2. The molecule has 0 saturated carbocycles. The Labute approximate surface area is 30.2 Å². The van der Waals surface area contributed by atoms with Gasteiger partial charge >= 0.3 is 0 Å². The lowest BCUT2D eigenvalue weighted by molar-refractivity contribution is 0.407. The summed E-state index contributed by atoms with van der Waals surface area (Å²) < 4.78 is 0. The molecule has 0 rings (SSSR count). The number of aliphatic hydroxyl groups is 1. The smallest absolute Gasteiger partial charge is 0.227 e. The second kappa shape index (κ2) is 1.44. The van der Waals surface area contributed by atoms with Crippen LogP contribution in [-0.4, -0.2) is 5.11 Å². The molecule has 28 valence electrons. The normalized spacial score (nSPS) is 5.60. The predicted molar refractivity (Wildman–Crippen MR) is 19.5 cm³/mol. The Hall–Kier alpha value is -0.880. The van der Waals surface area contributed by atoms with E-state index in [-0.39, 0.29) is 5.88 Å². The van der Waals surface area contributed by atoms with Crippen molar-refractivity contribution in [1.82, 2.24) is 0 Å². The van der Waals surface area contributed by atoms with Gasteiger partial charge in [0.2, 0.25) is 5.88 Å². The molecule has 0 fully saturated rings. The van der Waals surface area contributed by atoms with Crippen LogP contribution in [-0.2, 0) is 0 Å². The van der Waals surface area contributed by atoms with Gasteiger partial charge < -0.3 is 10.8 Å². The van der Waals surface area contributed by atoms with Crippen molar-refractivity contribution < 1.29 is 5.11 Å². The van der Waals surface area contributed by atoms with Crippen LogP contribution in [0.1, 0.15) is 0 Å². The van der Waals surface area contributed by atoms with E-state index in [1.165, 1.54) is 0 Å². The Morgan fingerprint density at radius 2 is 2.20 bits per heavy atom. The molecule has 0 aromatic heterocycles. The van der Waals surface area contributed by atoms with Gasteiger partial charge in [0.1, 0.15) is 0 Å². The number of nitrogens with two attached hydrogens (primary N) is 1. The molecule has 0 unspecified atom stereocenters. The summed E-state index contributed by atoms with van der Waals surface area (Å²) in [6, 6.07) is 0. The van der Waals surface area contributed by atoms with E-state index in [1.807, 2.05) is 5.73 Å². The quantitative estimate of drug-likeness (QED) is 0.315. The molecule has 0 aromatic rings. The van der Waals surface area contributed by atoms with Crippen molar-refractivity contribution >= 4 is 0 Å². The SMILES string of the molecule is C=C=C(N)O. The molecule has 0 saturated heterocycles. The zero-order valence-corrected chi connectivity index (χ0v) is 2.73. The third kappa shape index (κ3) is 3.12. The van der Waals surface area contributed by atoms with Crippen molar-refractivity contribution in [2.24, 2.45) is 5.73 Å². The van der Waals surface area contributed by atoms with Crippen LogP contribution in [0.25, 0.3) is 0 Å². The fourth-order valence-electron chi connectivity index (χ4n) is 0. The number of rotatable bonds is 0. The summed E-state index contributed by atoms with van der Waals surface area (Å²) in [7, 11) is 0. The second-order valence-electron chi connectivity index (χ2n) is 0.562. The van der Waals surface area contributed by atoms with E-state index in [4.69, 9.17) is 5.11 Å². The largest absolute Gasteiger partial charge is 0.489 e. The Kier molecular flexibility index (Phi) is 1.19. The molecule has 0 amide bonds. The molecule has 0 bridgehead atoms. The van der Waals surface area contributed by atoms with Gasteiger partial charge in [-0.15, -0.1) is 0 Å². The molecule has 0 spiro atoms. The molecule has 0 aliphatic carbocycles. The Bertz CT molecular complexity index is 67.0. The lowest BCUT2D eigenvalue weighted by Gasteiger charge is -1.71. The first-order chi connectivity index (χ1) is 2.27. The minimum absolute atomic E-state index is 0.356. The minimum atomic E-state index is -0.356. The average Bonchev–Trinajstić information content (AvgIpc) is 1.38. The van der Waals surface area contributed by atoms with E-state index in [9.17, 15) is 0 Å². The number of aliphatic hydroxyl groups excluding tert-OH is 1. The highest BCUT2D eigenvalue weighted by Crippen LogP contribution is 1.56. The first-order valence-electron chi connectivity index (χ1n) is 1.12. The van der Waals surface area contributed by atoms with Gasteiger partial charge in [-0.05, 0) is 0 Å². The molecule has 2 heteroatoms. The van der Waals surface area contributed by atoms with Gasteiger partial charge in [-0.1, -0.05) is 12.3 Å². The maximum absolute atomic E-state index is 7.88. The first kappa shape index (κ1) is 4.12. The fraction of sp³-hybridized carbons (Fsp3) is 0. The monoisotopic (exact) mass is 71.0 g/mol. The summed E-state index contributed by atoms with van der Waals surface area (Å²) in [5, 5.41) is 7.88. The minimum Gasteiger partial charge on any atom is -0.489 e. The average molecular weight is 71.1 g/mol. The highest BCUT2D eigenvalue weighted by atomic mass is 16.3. The van der Waals surface area contributed by atoms with Crippen molar-refractivity contribution in [3.63, 3.8) is 0 Å². The van der Waals surface area contributed by atoms with Crippen molar-refractivity contribution in [3.05, 3.63) is 18.2 Å². The van der Waals surface area contributed by atoms with Gasteiger partial charge in [0.05, 0.1) is 0 Å². The standard InChI is InChI=1S/C3H5NO/c1-2-3(4)5/h5H,1,4H2. The van der Waals surface area contributed by atoms with Gasteiger partial charge in [0.15, 0.2) is 0 Å². The zero-order valence-electron chi connectivity index (χ0n) is 2.73. The highest BCUT2D eigenvalue weighted by molar-refractivity contribution is 4.76. The predicted octanol–water partition coefficient (Wildman–Crippen LogP) is 0.129. The maximum atomic E-state index is 7.88. The van der Waals surface area contributed by atoms with E-state index in [1.54, 1.807) is 0 Å². The molecular formula is C3H5NO. The van der Waals surface area contributed by atoms with Crippen LogP contribution in [0, 0.1) is 0 Å². The van der Waals surface area contributed by atoms with Crippen molar-refractivity contribution in [2.75, 3.05) is 0 Å². The summed E-state index contributed by atoms with van der Waals surface area (Å²) in [4.78, 5) is 0. The third-order valence-corrected chi connectivity index (χ3v) is 0.181. The van der Waals surface area contributed by atoms with E-state index in [2.05, 4.69) is 12.3 Å². The molecule has 5 heavy (non-hydrogen) atoms. The molecule has 0 heterocycles. The van der Waals surface area contributed by atoms with Crippen LogP contribution in [0.5, 0.6) is 0 Å². The number of hydrogen-bond acceptors (Lipinski definition) is 2. The molecule has 0 radical (unpaired) electrons. The summed E-state index contributed by atoms with van der Waals surface area (Å²) in [6.07, 6.45) is 0. The van der Waals surface area contributed by atoms with E-state index < -0.39 is 0 Å². The summed E-state index contributed by atoms with van der Waals surface area (Å²) in [5.41, 5.74) is 6.62. The van der Waals surface area contributed by atoms with Crippen LogP contribution in [0.3, 0.4) is 0 Å². The van der Waals surface area contributed by atoms with Gasteiger partial charge in [-0.3, -0.25) is 0 Å². The maximum Gasteiger partial charge on any atom is 0.227 e. The van der Waals surface area contributed by atoms with Gasteiger partial charge in [0.25, 0.3) is 0 Å². The van der Waals surface area contributed by atoms with E-state index in [0.29, 0.717) is 0 Å². The van der Waals surface area contributed by atoms with Gasteiger partial charge in [0, 0.05) is 0 Å². The Morgan fingerprint density at radius 3 is 2.20 bits per heavy atom. The van der Waals surface area contributed by atoms with E-state index in [0.717, 1.165) is 0 Å². The third-order valence-electron chi connectivity index (χ3n) is 0.181. The summed E-state index contributed by atoms with van der Waals surface area (Å²) >= 11 is 0. The van der Waals surface area contributed by atoms with E-state index >= 15 is 0 Å². The van der Waals surface area contributed by atoms with Crippen LogP contribution >= 0.6 is 0 Å². The van der Waals surface area contributed by atoms with Crippen LogP contribution < -0.4 is 5.73 Å². The molecule has 0 aromatic carbocycles. The molecule has 0 aliphatic rings. The highest BCUT2D eigenvalue weighted by Gasteiger charge is 1.59. The lowest BCUT2D eigenvalue weighted by atomic mass is 10.8. The molecule has 0 aliphatic heterocycles. The van der Waals surface area contributed by atoms with Crippen LogP contribution in [0.4, 0.5) is 0 Å². The topological polar surface area (TPSA) is 46.2 Å². The Morgan fingerprint density at radius 1 is 2.00 bits per heavy atom.